The Kier molecular flexibility index (Phi) is 7.92. The molecule has 0 saturated heterocycles. The molecular formula is C21H21BrN4O3S. The first kappa shape index (κ1) is 21.9. The second kappa shape index (κ2) is 10.8. The van der Waals surface area contributed by atoms with Crippen LogP contribution in [0.25, 0.3) is 0 Å². The topological polar surface area (TPSA) is 93.2 Å². The number of aryl methyl sites for hydroxylation is 1. The second-order valence-corrected chi connectivity index (χ2v) is 8.39. The lowest BCUT2D eigenvalue weighted by molar-refractivity contribution is -0.121. The minimum Gasteiger partial charge on any atom is -0.496 e. The van der Waals surface area contributed by atoms with E-state index < -0.39 is 0 Å². The molecule has 30 heavy (non-hydrogen) atoms. The number of carbonyl (C=O) groups excluding carboxylic acids is 2. The number of aromatic nitrogens is 2. The van der Waals surface area contributed by atoms with E-state index in [0.29, 0.717) is 36.5 Å². The Morgan fingerprint density at radius 2 is 1.93 bits per heavy atom. The zero-order valence-corrected chi connectivity index (χ0v) is 18.8. The first-order chi connectivity index (χ1) is 14.5. The Balaban J connectivity index is 1.43. The van der Waals surface area contributed by atoms with E-state index in [1.807, 2.05) is 48.5 Å². The van der Waals surface area contributed by atoms with Crippen LogP contribution in [0.5, 0.6) is 5.75 Å². The molecule has 0 aliphatic rings. The van der Waals surface area contributed by atoms with E-state index in [-0.39, 0.29) is 11.8 Å². The van der Waals surface area contributed by atoms with Gasteiger partial charge in [0.2, 0.25) is 10.9 Å². The van der Waals surface area contributed by atoms with Gasteiger partial charge in [-0.1, -0.05) is 45.5 Å². The Morgan fingerprint density at radius 3 is 2.70 bits per heavy atom. The van der Waals surface area contributed by atoms with Crippen molar-refractivity contribution < 1.29 is 14.3 Å². The first-order valence-electron chi connectivity index (χ1n) is 9.33. The smallest absolute Gasteiger partial charge is 0.286 e. The molecule has 9 heteroatoms. The van der Waals surface area contributed by atoms with E-state index in [0.717, 1.165) is 20.8 Å². The monoisotopic (exact) mass is 488 g/mol. The molecule has 0 spiro atoms. The molecular weight excluding hydrogens is 468 g/mol. The molecule has 1 heterocycles. The van der Waals surface area contributed by atoms with E-state index in [4.69, 9.17) is 4.74 Å². The van der Waals surface area contributed by atoms with Crippen LogP contribution in [-0.2, 0) is 17.8 Å². The van der Waals surface area contributed by atoms with Crippen LogP contribution in [0, 0.1) is 0 Å². The number of carbonyl (C=O) groups is 2. The average molecular weight is 489 g/mol. The van der Waals surface area contributed by atoms with Crippen molar-refractivity contribution in [3.05, 3.63) is 68.6 Å². The van der Waals surface area contributed by atoms with Gasteiger partial charge in [0, 0.05) is 35.1 Å². The molecule has 0 saturated carbocycles. The highest BCUT2D eigenvalue weighted by Gasteiger charge is 2.13. The maximum atomic E-state index is 12.2. The second-order valence-electron chi connectivity index (χ2n) is 6.41. The molecule has 0 radical (unpaired) electrons. The fourth-order valence-corrected chi connectivity index (χ4v) is 3.91. The van der Waals surface area contributed by atoms with Gasteiger partial charge in [0.05, 0.1) is 7.11 Å². The third-order valence-corrected chi connectivity index (χ3v) is 5.68. The van der Waals surface area contributed by atoms with Crippen molar-refractivity contribution in [1.82, 2.24) is 15.5 Å². The average Bonchev–Trinajstić information content (AvgIpc) is 3.22. The number of ether oxygens (including phenoxy) is 1. The van der Waals surface area contributed by atoms with Crippen LogP contribution in [0.2, 0.25) is 0 Å². The maximum absolute atomic E-state index is 12.2. The molecule has 2 amide bonds. The number of benzene rings is 2. The minimum absolute atomic E-state index is 0.0522. The fourth-order valence-electron chi connectivity index (χ4n) is 2.72. The normalized spacial score (nSPS) is 10.5. The molecule has 1 aromatic heterocycles. The first-order valence-corrected chi connectivity index (χ1v) is 10.9. The summed E-state index contributed by atoms with van der Waals surface area (Å²) >= 11 is 4.66. The Labute approximate surface area is 187 Å². The minimum atomic E-state index is -0.286. The Bertz CT molecular complexity index is 1010. The van der Waals surface area contributed by atoms with Crippen LogP contribution in [0.1, 0.15) is 33.2 Å². The van der Waals surface area contributed by atoms with E-state index in [2.05, 4.69) is 36.8 Å². The largest absolute Gasteiger partial charge is 0.496 e. The van der Waals surface area contributed by atoms with Crippen molar-refractivity contribution in [2.24, 2.45) is 0 Å². The van der Waals surface area contributed by atoms with Gasteiger partial charge in [0.1, 0.15) is 10.8 Å². The van der Waals surface area contributed by atoms with Crippen LogP contribution in [0.4, 0.5) is 5.69 Å². The molecule has 3 rings (SSSR count). The number of amides is 2. The van der Waals surface area contributed by atoms with Gasteiger partial charge in [0.25, 0.3) is 5.91 Å². The number of methoxy groups -OCH3 is 1. The number of anilines is 1. The van der Waals surface area contributed by atoms with Gasteiger partial charge >= 0.3 is 0 Å². The number of nitrogens with one attached hydrogen (secondary N) is 2. The third kappa shape index (κ3) is 6.36. The lowest BCUT2D eigenvalue weighted by atomic mass is 10.2. The van der Waals surface area contributed by atoms with Gasteiger partial charge in [-0.25, -0.2) is 0 Å². The molecule has 156 valence electrons. The lowest BCUT2D eigenvalue weighted by Crippen LogP contribution is -2.22. The van der Waals surface area contributed by atoms with Crippen molar-refractivity contribution in [2.45, 2.75) is 25.8 Å². The van der Waals surface area contributed by atoms with Gasteiger partial charge in [-0.3, -0.25) is 9.59 Å². The van der Waals surface area contributed by atoms with Gasteiger partial charge in [-0.05, 0) is 36.8 Å². The number of hydrogen-bond donors (Lipinski definition) is 2. The summed E-state index contributed by atoms with van der Waals surface area (Å²) in [5.74, 6) is 0.392. The fraction of sp³-hybridized carbons (Fsp3) is 0.238. The van der Waals surface area contributed by atoms with E-state index in [1.165, 1.54) is 11.3 Å². The van der Waals surface area contributed by atoms with E-state index >= 15 is 0 Å². The Hall–Kier alpha value is -2.78. The van der Waals surface area contributed by atoms with Crippen LogP contribution < -0.4 is 15.4 Å². The predicted molar refractivity (Wildman–Crippen MR) is 120 cm³/mol. The summed E-state index contributed by atoms with van der Waals surface area (Å²) in [5.41, 5.74) is 1.61. The molecule has 2 N–H and O–H groups in total. The van der Waals surface area contributed by atoms with Crippen LogP contribution in [0.3, 0.4) is 0 Å². The number of hydrogen-bond acceptors (Lipinski definition) is 6. The van der Waals surface area contributed by atoms with Crippen LogP contribution in [0.15, 0.2) is 53.0 Å². The summed E-state index contributed by atoms with van der Waals surface area (Å²) in [6.07, 6.45) is 1.57. The summed E-state index contributed by atoms with van der Waals surface area (Å²) in [7, 11) is 1.60. The summed E-state index contributed by atoms with van der Waals surface area (Å²) in [5, 5.41) is 14.7. The number of halogens is 1. The highest BCUT2D eigenvalue weighted by atomic mass is 79.9. The highest BCUT2D eigenvalue weighted by Crippen LogP contribution is 2.22. The van der Waals surface area contributed by atoms with Gasteiger partial charge < -0.3 is 15.4 Å². The van der Waals surface area contributed by atoms with Gasteiger partial charge in [-0.2, -0.15) is 0 Å². The predicted octanol–water partition coefficient (Wildman–Crippen LogP) is 4.20. The summed E-state index contributed by atoms with van der Waals surface area (Å²) in [6, 6.07) is 14.8. The number of rotatable bonds is 9. The van der Waals surface area contributed by atoms with E-state index in [1.54, 1.807) is 7.11 Å². The van der Waals surface area contributed by atoms with Crippen molar-refractivity contribution >= 4 is 44.8 Å². The number of nitrogens with zero attached hydrogens (tertiary/aromatic N) is 2. The number of para-hydroxylation sites is 1. The molecule has 0 aliphatic heterocycles. The molecule has 7 nitrogen and oxygen atoms in total. The maximum Gasteiger partial charge on any atom is 0.286 e. The Morgan fingerprint density at radius 1 is 1.13 bits per heavy atom. The van der Waals surface area contributed by atoms with Crippen LogP contribution in [-0.4, -0.2) is 29.1 Å². The summed E-state index contributed by atoms with van der Waals surface area (Å²) in [4.78, 5) is 24.4. The summed E-state index contributed by atoms with van der Waals surface area (Å²) in [6.45, 7) is 0.393. The summed E-state index contributed by atoms with van der Waals surface area (Å²) < 4.78 is 6.24. The molecule has 0 fully saturated rings. The van der Waals surface area contributed by atoms with Gasteiger partial charge in [0.15, 0.2) is 0 Å². The SMILES string of the molecule is COc1ccc(Br)cc1CNC(=O)CCCc1nnc(C(=O)Nc2ccccc2)s1. The quantitative estimate of drug-likeness (QED) is 0.470. The molecule has 0 atom stereocenters. The van der Waals surface area contributed by atoms with Crippen molar-refractivity contribution in [3.63, 3.8) is 0 Å². The van der Waals surface area contributed by atoms with Crippen molar-refractivity contribution in [3.8, 4) is 5.75 Å². The third-order valence-electron chi connectivity index (χ3n) is 4.21. The molecule has 3 aromatic rings. The van der Waals surface area contributed by atoms with Crippen molar-refractivity contribution in [2.75, 3.05) is 12.4 Å². The van der Waals surface area contributed by atoms with Gasteiger partial charge in [-0.15, -0.1) is 10.2 Å². The van der Waals surface area contributed by atoms with E-state index in [9.17, 15) is 9.59 Å². The molecule has 0 aliphatic carbocycles. The highest BCUT2D eigenvalue weighted by molar-refractivity contribution is 9.10. The molecule has 2 aromatic carbocycles. The van der Waals surface area contributed by atoms with Crippen molar-refractivity contribution in [1.29, 1.82) is 0 Å². The van der Waals surface area contributed by atoms with Crippen LogP contribution >= 0.6 is 27.3 Å². The zero-order valence-electron chi connectivity index (χ0n) is 16.4. The standard InChI is InChI=1S/C21H21BrN4O3S/c1-29-17-11-10-15(22)12-14(17)13-23-18(27)8-5-9-19-25-26-21(30-19)20(28)24-16-6-3-2-4-7-16/h2-4,6-7,10-12H,5,8-9,13H2,1H3,(H,23,27)(H,24,28). The molecule has 0 bridgehead atoms. The lowest BCUT2D eigenvalue weighted by Gasteiger charge is -2.10. The molecule has 0 unspecified atom stereocenters. The zero-order chi connectivity index (χ0) is 21.3.